The Morgan fingerprint density at radius 3 is 2.59 bits per heavy atom. The van der Waals surface area contributed by atoms with Gasteiger partial charge in [-0.15, -0.1) is 0 Å². The molecular formula is C24H27N7O3. The molecule has 176 valence electrons. The number of likely N-dealkylation sites (tertiary alicyclic amines) is 1. The van der Waals surface area contributed by atoms with E-state index in [9.17, 15) is 9.59 Å². The predicted octanol–water partition coefficient (Wildman–Crippen LogP) is 3.87. The number of nitrogens with one attached hydrogen (secondary N) is 2. The molecule has 1 aromatic carbocycles. The molecule has 34 heavy (non-hydrogen) atoms. The molecule has 2 atom stereocenters. The van der Waals surface area contributed by atoms with E-state index in [0.717, 1.165) is 29.6 Å². The molecule has 0 spiro atoms. The number of piperazine rings is 1. The van der Waals surface area contributed by atoms with E-state index in [1.165, 1.54) is 12.4 Å². The first-order valence-corrected chi connectivity index (χ1v) is 11.3. The van der Waals surface area contributed by atoms with Crippen LogP contribution in [-0.4, -0.2) is 62.8 Å². The second-order valence-electron chi connectivity index (χ2n) is 9.56. The van der Waals surface area contributed by atoms with Gasteiger partial charge in [0.2, 0.25) is 0 Å². The molecule has 2 aliphatic rings. The summed E-state index contributed by atoms with van der Waals surface area (Å²) >= 11 is 0. The van der Waals surface area contributed by atoms with E-state index in [1.54, 1.807) is 18.5 Å². The van der Waals surface area contributed by atoms with Crippen molar-refractivity contribution >= 4 is 40.2 Å². The Morgan fingerprint density at radius 2 is 1.88 bits per heavy atom. The molecule has 0 radical (unpaired) electrons. The SMILES string of the molecule is CC(C)(C)OC(=O)N1CC2CC1CN2c1ccc2nccc(NC(=O)Nc3cnccn3)c2c1. The van der Waals surface area contributed by atoms with Gasteiger partial charge in [-0.05, 0) is 51.5 Å². The van der Waals surface area contributed by atoms with Crippen molar-refractivity contribution in [2.24, 2.45) is 0 Å². The third-order valence-electron chi connectivity index (χ3n) is 5.98. The molecule has 2 unspecified atom stereocenters. The average molecular weight is 462 g/mol. The van der Waals surface area contributed by atoms with E-state index in [-0.39, 0.29) is 18.2 Å². The molecule has 3 amide bonds. The van der Waals surface area contributed by atoms with Crippen molar-refractivity contribution in [2.75, 3.05) is 28.6 Å². The minimum atomic E-state index is -0.507. The molecule has 2 N–H and O–H groups in total. The average Bonchev–Trinajstić information content (AvgIpc) is 3.40. The highest BCUT2D eigenvalue weighted by Crippen LogP contribution is 2.37. The predicted molar refractivity (Wildman–Crippen MR) is 129 cm³/mol. The van der Waals surface area contributed by atoms with E-state index < -0.39 is 11.6 Å². The molecule has 0 saturated carbocycles. The lowest BCUT2D eigenvalue weighted by atomic mass is 10.1. The molecule has 3 aromatic rings. The number of aromatic nitrogens is 3. The maximum absolute atomic E-state index is 12.6. The summed E-state index contributed by atoms with van der Waals surface area (Å²) in [5, 5.41) is 6.39. The summed E-state index contributed by atoms with van der Waals surface area (Å²) in [6, 6.07) is 7.74. The summed E-state index contributed by atoms with van der Waals surface area (Å²) in [6.45, 7) is 7.03. The number of amides is 3. The van der Waals surface area contributed by atoms with E-state index >= 15 is 0 Å². The van der Waals surface area contributed by atoms with Crippen LogP contribution >= 0.6 is 0 Å². The van der Waals surface area contributed by atoms with Gasteiger partial charge in [-0.3, -0.25) is 15.3 Å². The van der Waals surface area contributed by atoms with Crippen LogP contribution in [0, 0.1) is 0 Å². The van der Waals surface area contributed by atoms with Gasteiger partial charge >= 0.3 is 12.1 Å². The second-order valence-corrected chi connectivity index (χ2v) is 9.56. The number of carbonyl (C=O) groups excluding carboxylic acids is 2. The second kappa shape index (κ2) is 8.44. The normalized spacial score (nSPS) is 19.4. The first kappa shape index (κ1) is 21.9. The van der Waals surface area contributed by atoms with Crippen molar-refractivity contribution in [2.45, 2.75) is 44.9 Å². The first-order valence-electron chi connectivity index (χ1n) is 11.3. The van der Waals surface area contributed by atoms with Gasteiger partial charge in [-0.2, -0.15) is 0 Å². The highest BCUT2D eigenvalue weighted by atomic mass is 16.6. The Bertz CT molecular complexity index is 1230. The van der Waals surface area contributed by atoms with Gasteiger partial charge in [0.15, 0.2) is 5.82 Å². The third kappa shape index (κ3) is 4.43. The quantitative estimate of drug-likeness (QED) is 0.609. The van der Waals surface area contributed by atoms with Crippen LogP contribution in [0.5, 0.6) is 0 Å². The Morgan fingerprint density at radius 1 is 1.03 bits per heavy atom. The molecule has 2 bridgehead atoms. The molecule has 5 rings (SSSR count). The number of nitrogens with zero attached hydrogens (tertiary/aromatic N) is 5. The van der Waals surface area contributed by atoms with Crippen LogP contribution in [0.2, 0.25) is 0 Å². The van der Waals surface area contributed by atoms with E-state index in [0.29, 0.717) is 18.1 Å². The van der Waals surface area contributed by atoms with Gasteiger partial charge in [0.1, 0.15) is 5.60 Å². The molecule has 2 fully saturated rings. The summed E-state index contributed by atoms with van der Waals surface area (Å²) in [5.41, 5.74) is 1.95. The molecule has 2 aliphatic heterocycles. The number of rotatable bonds is 3. The Balaban J connectivity index is 1.32. The number of hydrogen-bond donors (Lipinski definition) is 2. The number of carbonyl (C=O) groups is 2. The number of pyridine rings is 1. The highest BCUT2D eigenvalue weighted by molar-refractivity contribution is 6.05. The van der Waals surface area contributed by atoms with Gasteiger partial charge in [-0.1, -0.05) is 0 Å². The van der Waals surface area contributed by atoms with Crippen LogP contribution in [0.15, 0.2) is 49.1 Å². The lowest BCUT2D eigenvalue weighted by Gasteiger charge is -2.36. The topological polar surface area (TPSA) is 113 Å². The van der Waals surface area contributed by atoms with Gasteiger partial charge in [0.05, 0.1) is 23.4 Å². The maximum atomic E-state index is 12.6. The van der Waals surface area contributed by atoms with Crippen molar-refractivity contribution in [1.29, 1.82) is 0 Å². The summed E-state index contributed by atoms with van der Waals surface area (Å²) in [5.74, 6) is 0.363. The van der Waals surface area contributed by atoms with Crippen molar-refractivity contribution in [3.05, 3.63) is 49.1 Å². The van der Waals surface area contributed by atoms with Crippen molar-refractivity contribution in [3.8, 4) is 0 Å². The standard InChI is InChI=1S/C24H27N7O3/c1-24(2,3)34-23(33)31-14-16-10-17(31)13-30(16)15-4-5-19-18(11-15)20(6-7-26-19)28-22(32)29-21-12-25-8-9-27-21/h4-9,11-12,16-17H,10,13-14H2,1-3H3,(H2,26,27,28,29,32). The van der Waals surface area contributed by atoms with Crippen LogP contribution < -0.4 is 15.5 Å². The van der Waals surface area contributed by atoms with Crippen molar-refractivity contribution < 1.29 is 14.3 Å². The lowest BCUT2D eigenvalue weighted by Crippen LogP contribution is -2.50. The molecule has 10 nitrogen and oxygen atoms in total. The summed E-state index contributed by atoms with van der Waals surface area (Å²) < 4.78 is 5.57. The van der Waals surface area contributed by atoms with Crippen LogP contribution in [0.3, 0.4) is 0 Å². The number of hydrogen-bond acceptors (Lipinski definition) is 7. The molecule has 4 heterocycles. The van der Waals surface area contributed by atoms with Crippen LogP contribution in [0.4, 0.5) is 26.8 Å². The summed E-state index contributed by atoms with van der Waals surface area (Å²) in [4.78, 5) is 41.7. The number of benzene rings is 1. The fraction of sp³-hybridized carbons (Fsp3) is 0.375. The minimum Gasteiger partial charge on any atom is -0.444 e. The number of anilines is 3. The van der Waals surface area contributed by atoms with Crippen LogP contribution in [0.1, 0.15) is 27.2 Å². The molecule has 10 heteroatoms. The number of fused-ring (bicyclic) bond motifs is 3. The smallest absolute Gasteiger partial charge is 0.410 e. The first-order chi connectivity index (χ1) is 16.3. The summed E-state index contributed by atoms with van der Waals surface area (Å²) in [7, 11) is 0. The molecule has 2 saturated heterocycles. The zero-order valence-electron chi connectivity index (χ0n) is 19.4. The highest BCUT2D eigenvalue weighted by Gasteiger charge is 2.46. The van der Waals surface area contributed by atoms with E-state index in [1.807, 2.05) is 43.9 Å². The zero-order valence-corrected chi connectivity index (χ0v) is 19.4. The third-order valence-corrected chi connectivity index (χ3v) is 5.98. The van der Waals surface area contributed by atoms with E-state index in [4.69, 9.17) is 4.74 Å². The molecular weight excluding hydrogens is 434 g/mol. The van der Waals surface area contributed by atoms with Gasteiger partial charge < -0.3 is 19.9 Å². The zero-order chi connectivity index (χ0) is 23.9. The summed E-state index contributed by atoms with van der Waals surface area (Å²) in [6.07, 6.45) is 6.86. The Kier molecular flexibility index (Phi) is 5.43. The van der Waals surface area contributed by atoms with Crippen LogP contribution in [0.25, 0.3) is 10.9 Å². The Labute approximate surface area is 197 Å². The van der Waals surface area contributed by atoms with Gasteiger partial charge in [0, 0.05) is 48.8 Å². The maximum Gasteiger partial charge on any atom is 0.410 e. The fourth-order valence-electron chi connectivity index (χ4n) is 4.58. The van der Waals surface area contributed by atoms with Crippen LogP contribution in [-0.2, 0) is 4.74 Å². The number of urea groups is 1. The number of ether oxygens (including phenoxy) is 1. The lowest BCUT2D eigenvalue weighted by molar-refractivity contribution is 0.0214. The monoisotopic (exact) mass is 461 g/mol. The molecule has 2 aromatic heterocycles. The van der Waals surface area contributed by atoms with E-state index in [2.05, 4.69) is 30.5 Å². The van der Waals surface area contributed by atoms with Crippen molar-refractivity contribution in [3.63, 3.8) is 0 Å². The molecule has 0 aliphatic carbocycles. The Hall–Kier alpha value is -3.95. The van der Waals surface area contributed by atoms with Crippen molar-refractivity contribution in [1.82, 2.24) is 19.9 Å². The van der Waals surface area contributed by atoms with Gasteiger partial charge in [0.25, 0.3) is 0 Å². The van der Waals surface area contributed by atoms with Gasteiger partial charge in [-0.25, -0.2) is 14.6 Å². The minimum absolute atomic E-state index is 0.125. The fourth-order valence-corrected chi connectivity index (χ4v) is 4.58. The largest absolute Gasteiger partial charge is 0.444 e.